The maximum atomic E-state index is 11.1. The van der Waals surface area contributed by atoms with E-state index in [1.54, 1.807) is 13.0 Å². The highest BCUT2D eigenvalue weighted by atomic mass is 16.3. The van der Waals surface area contributed by atoms with Crippen LogP contribution < -0.4 is 0 Å². The van der Waals surface area contributed by atoms with Crippen LogP contribution in [0.1, 0.15) is 27.2 Å². The SMILES string of the molecule is CC(C)CC=CC(=O)C(C)CO. The highest BCUT2D eigenvalue weighted by Gasteiger charge is 2.06. The van der Waals surface area contributed by atoms with E-state index in [1.807, 2.05) is 6.08 Å². The Labute approximate surface area is 74.3 Å². The van der Waals surface area contributed by atoms with Gasteiger partial charge in [-0.1, -0.05) is 26.8 Å². The molecule has 0 spiro atoms. The van der Waals surface area contributed by atoms with Gasteiger partial charge in [-0.2, -0.15) is 0 Å². The molecule has 0 heterocycles. The van der Waals surface area contributed by atoms with Crippen LogP contribution in [0.3, 0.4) is 0 Å². The summed E-state index contributed by atoms with van der Waals surface area (Å²) in [7, 11) is 0. The van der Waals surface area contributed by atoms with Gasteiger partial charge in [-0.05, 0) is 18.4 Å². The maximum Gasteiger partial charge on any atom is 0.160 e. The van der Waals surface area contributed by atoms with Crippen molar-refractivity contribution in [1.29, 1.82) is 0 Å². The van der Waals surface area contributed by atoms with E-state index in [2.05, 4.69) is 13.8 Å². The van der Waals surface area contributed by atoms with E-state index < -0.39 is 0 Å². The minimum Gasteiger partial charge on any atom is -0.396 e. The predicted octanol–water partition coefficient (Wildman–Crippen LogP) is 1.79. The third-order valence-corrected chi connectivity index (χ3v) is 1.65. The summed E-state index contributed by atoms with van der Waals surface area (Å²) in [6.07, 6.45) is 4.37. The van der Waals surface area contributed by atoms with Crippen molar-refractivity contribution >= 4 is 5.78 Å². The van der Waals surface area contributed by atoms with Crippen LogP contribution >= 0.6 is 0 Å². The Hall–Kier alpha value is -0.630. The number of rotatable bonds is 5. The Bertz CT molecular complexity index is 159. The first kappa shape index (κ1) is 11.4. The van der Waals surface area contributed by atoms with Crippen LogP contribution in [0.15, 0.2) is 12.2 Å². The summed E-state index contributed by atoms with van der Waals surface area (Å²) in [5, 5.41) is 8.66. The normalized spacial score (nSPS) is 14.1. The summed E-state index contributed by atoms with van der Waals surface area (Å²) < 4.78 is 0. The van der Waals surface area contributed by atoms with Crippen LogP contribution in [0.4, 0.5) is 0 Å². The lowest BCUT2D eigenvalue weighted by atomic mass is 10.1. The zero-order valence-corrected chi connectivity index (χ0v) is 8.08. The van der Waals surface area contributed by atoms with E-state index in [-0.39, 0.29) is 18.3 Å². The second-order valence-electron chi connectivity index (χ2n) is 3.52. The third-order valence-electron chi connectivity index (χ3n) is 1.65. The van der Waals surface area contributed by atoms with E-state index in [4.69, 9.17) is 5.11 Å². The predicted molar refractivity (Wildman–Crippen MR) is 49.9 cm³/mol. The monoisotopic (exact) mass is 170 g/mol. The van der Waals surface area contributed by atoms with E-state index in [0.29, 0.717) is 5.92 Å². The maximum absolute atomic E-state index is 11.1. The lowest BCUT2D eigenvalue weighted by Crippen LogP contribution is -2.11. The van der Waals surface area contributed by atoms with Crippen LogP contribution in [-0.4, -0.2) is 17.5 Å². The number of aliphatic hydroxyl groups is 1. The van der Waals surface area contributed by atoms with E-state index >= 15 is 0 Å². The Morgan fingerprint density at radius 3 is 2.42 bits per heavy atom. The van der Waals surface area contributed by atoms with Gasteiger partial charge in [0.1, 0.15) is 0 Å². The number of aliphatic hydroxyl groups excluding tert-OH is 1. The number of ketones is 1. The number of hydrogen-bond acceptors (Lipinski definition) is 2. The van der Waals surface area contributed by atoms with Gasteiger partial charge in [-0.15, -0.1) is 0 Å². The van der Waals surface area contributed by atoms with Crippen LogP contribution in [-0.2, 0) is 4.79 Å². The van der Waals surface area contributed by atoms with Crippen molar-refractivity contribution in [3.63, 3.8) is 0 Å². The Morgan fingerprint density at radius 2 is 2.00 bits per heavy atom. The molecule has 70 valence electrons. The molecule has 0 aliphatic heterocycles. The molecule has 0 aromatic rings. The third kappa shape index (κ3) is 5.08. The number of carbonyl (C=O) groups excluding carboxylic acids is 1. The van der Waals surface area contributed by atoms with E-state index in [1.165, 1.54) is 0 Å². The molecular formula is C10H18O2. The van der Waals surface area contributed by atoms with Gasteiger partial charge in [-0.3, -0.25) is 4.79 Å². The van der Waals surface area contributed by atoms with Crippen LogP contribution in [0, 0.1) is 11.8 Å². The molecule has 0 aromatic heterocycles. The highest BCUT2D eigenvalue weighted by molar-refractivity contribution is 5.91. The molecular weight excluding hydrogens is 152 g/mol. The van der Waals surface area contributed by atoms with Crippen molar-refractivity contribution in [3.8, 4) is 0 Å². The average Bonchev–Trinajstić information content (AvgIpc) is 2.02. The van der Waals surface area contributed by atoms with Crippen LogP contribution in [0.2, 0.25) is 0 Å². The first-order valence-electron chi connectivity index (χ1n) is 4.39. The molecule has 0 saturated heterocycles. The largest absolute Gasteiger partial charge is 0.396 e. The molecule has 0 rings (SSSR count). The second kappa shape index (κ2) is 5.95. The fourth-order valence-corrected chi connectivity index (χ4v) is 0.711. The van der Waals surface area contributed by atoms with Crippen LogP contribution in [0.25, 0.3) is 0 Å². The summed E-state index contributed by atoms with van der Waals surface area (Å²) in [4.78, 5) is 11.1. The standard InChI is InChI=1S/C10H18O2/c1-8(2)5-4-6-10(12)9(3)7-11/h4,6,8-9,11H,5,7H2,1-3H3. The van der Waals surface area contributed by atoms with Crippen molar-refractivity contribution in [1.82, 2.24) is 0 Å². The Kier molecular flexibility index (Phi) is 5.64. The molecule has 0 fully saturated rings. The summed E-state index contributed by atoms with van der Waals surface area (Å²) in [5.41, 5.74) is 0. The summed E-state index contributed by atoms with van der Waals surface area (Å²) in [6.45, 7) is 5.86. The fraction of sp³-hybridized carbons (Fsp3) is 0.700. The van der Waals surface area contributed by atoms with Gasteiger partial charge in [0.05, 0.1) is 6.61 Å². The molecule has 0 radical (unpaired) electrons. The van der Waals surface area contributed by atoms with E-state index in [0.717, 1.165) is 6.42 Å². The van der Waals surface area contributed by atoms with Crippen molar-refractivity contribution in [2.75, 3.05) is 6.61 Å². The molecule has 0 bridgehead atoms. The van der Waals surface area contributed by atoms with Gasteiger partial charge in [0, 0.05) is 5.92 Å². The fourth-order valence-electron chi connectivity index (χ4n) is 0.711. The van der Waals surface area contributed by atoms with Crippen LogP contribution in [0.5, 0.6) is 0 Å². The number of carbonyl (C=O) groups is 1. The molecule has 2 heteroatoms. The smallest absolute Gasteiger partial charge is 0.160 e. The van der Waals surface area contributed by atoms with Crippen molar-refractivity contribution in [2.24, 2.45) is 11.8 Å². The highest BCUT2D eigenvalue weighted by Crippen LogP contribution is 2.02. The molecule has 0 aromatic carbocycles. The van der Waals surface area contributed by atoms with Gasteiger partial charge in [0.15, 0.2) is 5.78 Å². The molecule has 2 nitrogen and oxygen atoms in total. The quantitative estimate of drug-likeness (QED) is 0.639. The van der Waals surface area contributed by atoms with Gasteiger partial charge in [0.25, 0.3) is 0 Å². The first-order valence-corrected chi connectivity index (χ1v) is 4.39. The van der Waals surface area contributed by atoms with Crippen molar-refractivity contribution in [3.05, 3.63) is 12.2 Å². The molecule has 1 atom stereocenters. The average molecular weight is 170 g/mol. The van der Waals surface area contributed by atoms with Gasteiger partial charge in [0.2, 0.25) is 0 Å². The van der Waals surface area contributed by atoms with E-state index in [9.17, 15) is 4.79 Å². The zero-order chi connectivity index (χ0) is 9.56. The minimum absolute atomic E-state index is 0.0122. The molecule has 0 amide bonds. The first-order chi connectivity index (χ1) is 5.57. The summed E-state index contributed by atoms with van der Waals surface area (Å²) in [6, 6.07) is 0. The second-order valence-corrected chi connectivity index (χ2v) is 3.52. The van der Waals surface area contributed by atoms with Crippen molar-refractivity contribution < 1.29 is 9.90 Å². The zero-order valence-electron chi connectivity index (χ0n) is 8.08. The Morgan fingerprint density at radius 1 is 1.42 bits per heavy atom. The van der Waals surface area contributed by atoms with Gasteiger partial charge < -0.3 is 5.11 Å². The van der Waals surface area contributed by atoms with Gasteiger partial charge >= 0.3 is 0 Å². The number of allylic oxidation sites excluding steroid dienone is 2. The Balaban J connectivity index is 3.75. The summed E-state index contributed by atoms with van der Waals surface area (Å²) >= 11 is 0. The number of hydrogen-bond donors (Lipinski definition) is 1. The molecule has 12 heavy (non-hydrogen) atoms. The molecule has 1 unspecified atom stereocenters. The summed E-state index contributed by atoms with van der Waals surface area (Å²) in [5.74, 6) is 0.338. The molecule has 0 aliphatic rings. The van der Waals surface area contributed by atoms with Crippen molar-refractivity contribution in [2.45, 2.75) is 27.2 Å². The van der Waals surface area contributed by atoms with Gasteiger partial charge in [-0.25, -0.2) is 0 Å². The molecule has 0 aliphatic carbocycles. The minimum atomic E-state index is -0.256. The lowest BCUT2D eigenvalue weighted by molar-refractivity contribution is -0.118. The molecule has 1 N–H and O–H groups in total. The molecule has 0 saturated carbocycles. The lowest BCUT2D eigenvalue weighted by Gasteiger charge is -2.01. The topological polar surface area (TPSA) is 37.3 Å².